The normalized spacial score (nSPS) is 14.5. The molecule has 0 unspecified atom stereocenters. The highest BCUT2D eigenvalue weighted by molar-refractivity contribution is 6.31. The van der Waals surface area contributed by atoms with E-state index in [-0.39, 0.29) is 17.7 Å². The first-order valence-corrected chi connectivity index (χ1v) is 10.2. The molecule has 154 valence electrons. The number of hydrogen-bond acceptors (Lipinski definition) is 4. The van der Waals surface area contributed by atoms with Crippen LogP contribution in [0.2, 0.25) is 5.02 Å². The van der Waals surface area contributed by atoms with Crippen LogP contribution in [0, 0.1) is 5.92 Å². The van der Waals surface area contributed by atoms with Crippen molar-refractivity contribution < 1.29 is 14.3 Å². The van der Waals surface area contributed by atoms with E-state index in [1.165, 1.54) is 7.11 Å². The second kappa shape index (κ2) is 8.71. The molecule has 0 radical (unpaired) electrons. The molecule has 3 aromatic rings. The third kappa shape index (κ3) is 4.24. The Morgan fingerprint density at radius 3 is 2.63 bits per heavy atom. The van der Waals surface area contributed by atoms with Crippen molar-refractivity contribution in [3.63, 3.8) is 0 Å². The molecule has 0 bridgehead atoms. The second-order valence-electron chi connectivity index (χ2n) is 7.29. The van der Waals surface area contributed by atoms with Gasteiger partial charge in [-0.05, 0) is 49.2 Å². The summed E-state index contributed by atoms with van der Waals surface area (Å²) in [6.07, 6.45) is 1.18. The minimum absolute atomic E-state index is 0.0646. The Morgan fingerprint density at radius 1 is 1.10 bits per heavy atom. The molecule has 6 nitrogen and oxygen atoms in total. The zero-order valence-electron chi connectivity index (χ0n) is 16.6. The number of anilines is 1. The molecule has 30 heavy (non-hydrogen) atoms. The van der Waals surface area contributed by atoms with E-state index in [0.29, 0.717) is 48.1 Å². The molecule has 0 saturated carbocycles. The molecular formula is C23H22ClN3O3. The second-order valence-corrected chi connectivity index (χ2v) is 7.73. The van der Waals surface area contributed by atoms with Crippen LogP contribution in [0.15, 0.2) is 54.6 Å². The Morgan fingerprint density at radius 2 is 1.87 bits per heavy atom. The number of amides is 2. The first-order chi connectivity index (χ1) is 14.5. The fourth-order valence-corrected chi connectivity index (χ4v) is 3.90. The van der Waals surface area contributed by atoms with Gasteiger partial charge < -0.3 is 15.0 Å². The number of halogens is 1. The molecule has 1 saturated heterocycles. The van der Waals surface area contributed by atoms with Gasteiger partial charge in [0.05, 0.1) is 18.2 Å². The molecule has 0 atom stereocenters. The standard InChI is InChI=1S/C23H22ClN3O3/c1-30-20-8-7-17(24)14-18(20)23(29)27-12-10-16(11-13-27)22(28)26-21-9-6-15-4-2-3-5-19(15)25-21/h2-9,14,16H,10-13H2,1H3,(H,25,26,28). The van der Waals surface area contributed by atoms with E-state index in [9.17, 15) is 9.59 Å². The average Bonchev–Trinajstić information content (AvgIpc) is 2.78. The number of hydrogen-bond donors (Lipinski definition) is 1. The van der Waals surface area contributed by atoms with Gasteiger partial charge in [-0.15, -0.1) is 0 Å². The number of nitrogens with one attached hydrogen (secondary N) is 1. The van der Waals surface area contributed by atoms with Gasteiger partial charge in [-0.3, -0.25) is 9.59 Å². The van der Waals surface area contributed by atoms with E-state index in [1.807, 2.05) is 36.4 Å². The third-order valence-electron chi connectivity index (χ3n) is 5.39. The minimum atomic E-state index is -0.163. The highest BCUT2D eigenvalue weighted by atomic mass is 35.5. The number of pyridine rings is 1. The lowest BCUT2D eigenvalue weighted by molar-refractivity contribution is -0.121. The highest BCUT2D eigenvalue weighted by Crippen LogP contribution is 2.27. The van der Waals surface area contributed by atoms with E-state index in [4.69, 9.17) is 16.3 Å². The van der Waals surface area contributed by atoms with E-state index >= 15 is 0 Å². The molecule has 2 heterocycles. The first kappa shape index (κ1) is 20.2. The number of nitrogens with zero attached hydrogens (tertiary/aromatic N) is 2. The number of methoxy groups -OCH3 is 1. The molecule has 4 rings (SSSR count). The van der Waals surface area contributed by atoms with Crippen LogP contribution in [0.25, 0.3) is 10.9 Å². The van der Waals surface area contributed by atoms with E-state index in [0.717, 1.165) is 10.9 Å². The van der Waals surface area contributed by atoms with Crippen molar-refractivity contribution in [1.82, 2.24) is 9.88 Å². The average molecular weight is 424 g/mol. The Balaban J connectivity index is 1.38. The van der Waals surface area contributed by atoms with Crippen molar-refractivity contribution in [3.05, 3.63) is 65.2 Å². The van der Waals surface area contributed by atoms with Crippen molar-refractivity contribution in [3.8, 4) is 5.75 Å². The molecule has 7 heteroatoms. The quantitative estimate of drug-likeness (QED) is 0.675. The number of ether oxygens (including phenoxy) is 1. The third-order valence-corrected chi connectivity index (χ3v) is 5.63. The minimum Gasteiger partial charge on any atom is -0.496 e. The van der Waals surface area contributed by atoms with Crippen LogP contribution in [-0.2, 0) is 4.79 Å². The zero-order valence-corrected chi connectivity index (χ0v) is 17.4. The molecule has 1 fully saturated rings. The fourth-order valence-electron chi connectivity index (χ4n) is 3.73. The maximum absolute atomic E-state index is 12.9. The van der Waals surface area contributed by atoms with Gasteiger partial charge >= 0.3 is 0 Å². The molecule has 1 aliphatic heterocycles. The Hall–Kier alpha value is -3.12. The topological polar surface area (TPSA) is 71.5 Å². The highest BCUT2D eigenvalue weighted by Gasteiger charge is 2.29. The monoisotopic (exact) mass is 423 g/mol. The number of fused-ring (bicyclic) bond motifs is 1. The smallest absolute Gasteiger partial charge is 0.257 e. The van der Waals surface area contributed by atoms with Crippen molar-refractivity contribution in [1.29, 1.82) is 0 Å². The molecular weight excluding hydrogens is 402 g/mol. The molecule has 1 aromatic heterocycles. The van der Waals surface area contributed by atoms with Gasteiger partial charge in [0, 0.05) is 29.4 Å². The fraction of sp³-hybridized carbons (Fsp3) is 0.261. The lowest BCUT2D eigenvalue weighted by Gasteiger charge is -2.31. The molecule has 0 aliphatic carbocycles. The maximum atomic E-state index is 12.9. The summed E-state index contributed by atoms with van der Waals surface area (Å²) in [4.78, 5) is 31.8. The predicted molar refractivity (Wildman–Crippen MR) is 117 cm³/mol. The van der Waals surface area contributed by atoms with Crippen molar-refractivity contribution in [2.24, 2.45) is 5.92 Å². The van der Waals surface area contributed by atoms with Crippen LogP contribution in [0.4, 0.5) is 5.82 Å². The van der Waals surface area contributed by atoms with Crippen LogP contribution in [0.3, 0.4) is 0 Å². The Bertz CT molecular complexity index is 1090. The van der Waals surface area contributed by atoms with Crippen LogP contribution >= 0.6 is 11.6 Å². The number of aromatic nitrogens is 1. The van der Waals surface area contributed by atoms with Gasteiger partial charge in [-0.1, -0.05) is 29.8 Å². The van der Waals surface area contributed by atoms with Crippen LogP contribution in [0.1, 0.15) is 23.2 Å². The largest absolute Gasteiger partial charge is 0.496 e. The van der Waals surface area contributed by atoms with E-state index in [2.05, 4.69) is 10.3 Å². The number of carbonyl (C=O) groups excluding carboxylic acids is 2. The van der Waals surface area contributed by atoms with E-state index < -0.39 is 0 Å². The molecule has 2 aromatic carbocycles. The Labute approximate surface area is 179 Å². The molecule has 1 aliphatic rings. The van der Waals surface area contributed by atoms with Crippen LogP contribution in [0.5, 0.6) is 5.75 Å². The SMILES string of the molecule is COc1ccc(Cl)cc1C(=O)N1CCC(C(=O)Nc2ccc3ccccc3n2)CC1. The summed E-state index contributed by atoms with van der Waals surface area (Å²) in [5.41, 5.74) is 1.28. The molecule has 1 N–H and O–H groups in total. The van der Waals surface area contributed by atoms with E-state index in [1.54, 1.807) is 23.1 Å². The maximum Gasteiger partial charge on any atom is 0.257 e. The van der Waals surface area contributed by atoms with Gasteiger partial charge in [0.1, 0.15) is 11.6 Å². The summed E-state index contributed by atoms with van der Waals surface area (Å²) in [6, 6.07) is 16.5. The van der Waals surface area contributed by atoms with Gasteiger partial charge in [0.2, 0.25) is 5.91 Å². The summed E-state index contributed by atoms with van der Waals surface area (Å²) in [5, 5.41) is 4.42. The lowest BCUT2D eigenvalue weighted by atomic mass is 9.95. The number of likely N-dealkylation sites (tertiary alicyclic amines) is 1. The number of benzene rings is 2. The summed E-state index contributed by atoms with van der Waals surface area (Å²) in [5.74, 6) is 0.672. The predicted octanol–water partition coefficient (Wildman–Crippen LogP) is 4.39. The van der Waals surface area contributed by atoms with Gasteiger partial charge in [-0.25, -0.2) is 4.98 Å². The molecule has 2 amide bonds. The summed E-state index contributed by atoms with van der Waals surface area (Å²) < 4.78 is 5.29. The van der Waals surface area contributed by atoms with Crippen molar-refractivity contribution in [2.45, 2.75) is 12.8 Å². The lowest BCUT2D eigenvalue weighted by Crippen LogP contribution is -2.41. The van der Waals surface area contributed by atoms with Gasteiger partial charge in [-0.2, -0.15) is 0 Å². The summed E-state index contributed by atoms with van der Waals surface area (Å²) in [6.45, 7) is 0.996. The van der Waals surface area contributed by atoms with Gasteiger partial charge in [0.25, 0.3) is 5.91 Å². The van der Waals surface area contributed by atoms with Crippen molar-refractivity contribution in [2.75, 3.05) is 25.5 Å². The number of piperidine rings is 1. The van der Waals surface area contributed by atoms with Crippen molar-refractivity contribution >= 4 is 40.1 Å². The number of rotatable bonds is 4. The summed E-state index contributed by atoms with van der Waals surface area (Å²) in [7, 11) is 1.53. The van der Waals surface area contributed by atoms with Crippen LogP contribution in [-0.4, -0.2) is 41.9 Å². The van der Waals surface area contributed by atoms with Gasteiger partial charge in [0.15, 0.2) is 0 Å². The summed E-state index contributed by atoms with van der Waals surface area (Å²) >= 11 is 6.05. The Kier molecular flexibility index (Phi) is 5.86. The number of carbonyl (C=O) groups is 2. The molecule has 0 spiro atoms. The van der Waals surface area contributed by atoms with Crippen LogP contribution < -0.4 is 10.1 Å². The zero-order chi connectivity index (χ0) is 21.1. The first-order valence-electron chi connectivity index (χ1n) is 9.84. The number of para-hydroxylation sites is 1.